The summed E-state index contributed by atoms with van der Waals surface area (Å²) in [5.74, 6) is 0. The molecule has 0 heterocycles. The third-order valence-corrected chi connectivity index (χ3v) is 2.19. The molecule has 0 aromatic carbocycles. The van der Waals surface area contributed by atoms with Crippen LogP contribution in [-0.4, -0.2) is 38.1 Å². The number of hydrogen-bond acceptors (Lipinski definition) is 2. The van der Waals surface area contributed by atoms with E-state index in [9.17, 15) is 0 Å². The molecule has 0 spiro atoms. The quantitative estimate of drug-likeness (QED) is 0.452. The van der Waals surface area contributed by atoms with Crippen LogP contribution < -0.4 is 5.32 Å². The van der Waals surface area contributed by atoms with Gasteiger partial charge in [-0.25, -0.2) is 0 Å². The van der Waals surface area contributed by atoms with Crippen LogP contribution in [-0.2, 0) is 0 Å². The zero-order valence-electron chi connectivity index (χ0n) is 10.1. The number of likely N-dealkylation sites (N-methyl/N-ethyl adjacent to an activating group) is 1. The predicted molar refractivity (Wildman–Crippen MR) is 64.7 cm³/mol. The van der Waals surface area contributed by atoms with E-state index in [1.807, 2.05) is 0 Å². The molecule has 0 aromatic rings. The molecule has 0 atom stereocenters. The fourth-order valence-electron chi connectivity index (χ4n) is 1.39. The van der Waals surface area contributed by atoms with E-state index >= 15 is 0 Å². The molecule has 14 heavy (non-hydrogen) atoms. The largest absolute Gasteiger partial charge is 0.313 e. The Kier molecular flexibility index (Phi) is 9.00. The number of unbranched alkanes of at least 4 members (excludes halogenated alkanes) is 1. The Labute approximate surface area is 89.4 Å². The molecule has 0 bridgehead atoms. The zero-order valence-corrected chi connectivity index (χ0v) is 10.1. The molecular formula is C12H26N2. The Morgan fingerprint density at radius 3 is 2.57 bits per heavy atom. The number of nitrogens with one attached hydrogen (secondary N) is 1. The summed E-state index contributed by atoms with van der Waals surface area (Å²) in [4.78, 5) is 2.35. The monoisotopic (exact) mass is 198 g/mol. The van der Waals surface area contributed by atoms with Crippen molar-refractivity contribution in [2.24, 2.45) is 0 Å². The Bertz CT molecular complexity index is 143. The lowest BCUT2D eigenvalue weighted by atomic mass is 10.2. The first kappa shape index (κ1) is 13.7. The van der Waals surface area contributed by atoms with Crippen molar-refractivity contribution in [1.29, 1.82) is 0 Å². The van der Waals surface area contributed by atoms with Crippen molar-refractivity contribution in [3.63, 3.8) is 0 Å². The second-order valence-corrected chi connectivity index (χ2v) is 4.02. The molecule has 0 amide bonds. The van der Waals surface area contributed by atoms with Crippen LogP contribution in [0, 0.1) is 0 Å². The maximum Gasteiger partial charge on any atom is 0.0199 e. The van der Waals surface area contributed by atoms with E-state index in [1.165, 1.54) is 31.4 Å². The first-order valence-corrected chi connectivity index (χ1v) is 5.76. The average molecular weight is 198 g/mol. The highest BCUT2D eigenvalue weighted by Gasteiger charge is 1.99. The predicted octanol–water partition coefficient (Wildman–Crippen LogP) is 2.27. The molecule has 0 aliphatic heterocycles. The van der Waals surface area contributed by atoms with Gasteiger partial charge < -0.3 is 10.2 Å². The third-order valence-electron chi connectivity index (χ3n) is 2.19. The maximum absolute atomic E-state index is 4.07. The van der Waals surface area contributed by atoms with Gasteiger partial charge >= 0.3 is 0 Å². The smallest absolute Gasteiger partial charge is 0.0199 e. The van der Waals surface area contributed by atoms with Crippen LogP contribution >= 0.6 is 0 Å². The molecule has 0 unspecified atom stereocenters. The van der Waals surface area contributed by atoms with Gasteiger partial charge in [-0.05, 0) is 38.6 Å². The van der Waals surface area contributed by atoms with Crippen molar-refractivity contribution < 1.29 is 0 Å². The molecule has 1 N–H and O–H groups in total. The van der Waals surface area contributed by atoms with Crippen molar-refractivity contribution in [1.82, 2.24) is 10.2 Å². The topological polar surface area (TPSA) is 15.3 Å². The molecule has 0 saturated heterocycles. The fraction of sp³-hybridized carbons (Fsp3) is 0.833. The van der Waals surface area contributed by atoms with E-state index in [0.717, 1.165) is 19.6 Å². The minimum Gasteiger partial charge on any atom is -0.313 e. The van der Waals surface area contributed by atoms with Crippen molar-refractivity contribution >= 4 is 0 Å². The Morgan fingerprint density at radius 1 is 1.29 bits per heavy atom. The van der Waals surface area contributed by atoms with Gasteiger partial charge in [0.2, 0.25) is 0 Å². The van der Waals surface area contributed by atoms with E-state index < -0.39 is 0 Å². The molecular weight excluding hydrogens is 172 g/mol. The molecule has 0 radical (unpaired) electrons. The molecule has 0 fully saturated rings. The average Bonchev–Trinajstić information content (AvgIpc) is 2.15. The summed E-state index contributed by atoms with van der Waals surface area (Å²) >= 11 is 0. The lowest BCUT2D eigenvalue weighted by Crippen LogP contribution is -2.27. The van der Waals surface area contributed by atoms with E-state index in [1.54, 1.807) is 0 Å². The lowest BCUT2D eigenvalue weighted by Gasteiger charge is -2.17. The van der Waals surface area contributed by atoms with Gasteiger partial charge in [0.15, 0.2) is 0 Å². The second kappa shape index (κ2) is 9.22. The van der Waals surface area contributed by atoms with Gasteiger partial charge in [0.1, 0.15) is 0 Å². The van der Waals surface area contributed by atoms with Crippen molar-refractivity contribution in [2.45, 2.75) is 33.1 Å². The van der Waals surface area contributed by atoms with Gasteiger partial charge in [-0.2, -0.15) is 0 Å². The molecule has 0 aliphatic carbocycles. The highest BCUT2D eigenvalue weighted by Crippen LogP contribution is 1.96. The van der Waals surface area contributed by atoms with Gasteiger partial charge in [-0.3, -0.25) is 0 Å². The molecule has 2 nitrogen and oxygen atoms in total. The van der Waals surface area contributed by atoms with Crippen molar-refractivity contribution in [3.05, 3.63) is 12.2 Å². The SMILES string of the molecule is C=C(CNCCC)CN(C)CCCC. The van der Waals surface area contributed by atoms with Gasteiger partial charge in [-0.15, -0.1) is 0 Å². The van der Waals surface area contributed by atoms with E-state index in [4.69, 9.17) is 0 Å². The summed E-state index contributed by atoms with van der Waals surface area (Å²) in [6.07, 6.45) is 3.75. The van der Waals surface area contributed by atoms with Crippen molar-refractivity contribution in [2.75, 3.05) is 33.2 Å². The summed E-state index contributed by atoms with van der Waals surface area (Å²) in [6, 6.07) is 0. The second-order valence-electron chi connectivity index (χ2n) is 4.02. The van der Waals surface area contributed by atoms with Crippen LogP contribution in [0.5, 0.6) is 0 Å². The Hall–Kier alpha value is -0.340. The normalized spacial score (nSPS) is 10.9. The Balaban J connectivity index is 3.40. The van der Waals surface area contributed by atoms with Crippen LogP contribution in [0.1, 0.15) is 33.1 Å². The summed E-state index contributed by atoms with van der Waals surface area (Å²) < 4.78 is 0. The third kappa shape index (κ3) is 8.27. The minimum absolute atomic E-state index is 0.963. The summed E-state index contributed by atoms with van der Waals surface area (Å²) in [7, 11) is 2.17. The molecule has 2 heteroatoms. The van der Waals surface area contributed by atoms with Crippen molar-refractivity contribution in [3.8, 4) is 0 Å². The van der Waals surface area contributed by atoms with Crippen LogP contribution in [0.15, 0.2) is 12.2 Å². The van der Waals surface area contributed by atoms with E-state index in [0.29, 0.717) is 0 Å². The highest BCUT2D eigenvalue weighted by molar-refractivity contribution is 4.99. The molecule has 84 valence electrons. The van der Waals surface area contributed by atoms with Gasteiger partial charge in [0.25, 0.3) is 0 Å². The first-order valence-electron chi connectivity index (χ1n) is 5.76. The van der Waals surface area contributed by atoms with Crippen LogP contribution in [0.25, 0.3) is 0 Å². The summed E-state index contributed by atoms with van der Waals surface area (Å²) in [5.41, 5.74) is 1.29. The molecule has 0 rings (SSSR count). The van der Waals surface area contributed by atoms with E-state index in [-0.39, 0.29) is 0 Å². The summed E-state index contributed by atoms with van der Waals surface area (Å²) in [6.45, 7) is 12.7. The standard InChI is InChI=1S/C12H26N2/c1-5-7-9-14(4)11-12(3)10-13-8-6-2/h13H,3,5-11H2,1-2,4H3. The number of nitrogens with zero attached hydrogens (tertiary/aromatic N) is 1. The van der Waals surface area contributed by atoms with Gasteiger partial charge in [-0.1, -0.05) is 26.8 Å². The minimum atomic E-state index is 0.963. The highest BCUT2D eigenvalue weighted by atomic mass is 15.1. The van der Waals surface area contributed by atoms with Gasteiger partial charge in [0, 0.05) is 13.1 Å². The summed E-state index contributed by atoms with van der Waals surface area (Å²) in [5, 5.41) is 3.37. The first-order chi connectivity index (χ1) is 6.70. The fourth-order valence-corrected chi connectivity index (χ4v) is 1.39. The number of hydrogen-bond donors (Lipinski definition) is 1. The zero-order chi connectivity index (χ0) is 10.8. The molecule has 0 aliphatic rings. The van der Waals surface area contributed by atoms with Crippen LogP contribution in [0.3, 0.4) is 0 Å². The van der Waals surface area contributed by atoms with Gasteiger partial charge in [0.05, 0.1) is 0 Å². The van der Waals surface area contributed by atoms with Crippen LogP contribution in [0.4, 0.5) is 0 Å². The van der Waals surface area contributed by atoms with Crippen LogP contribution in [0.2, 0.25) is 0 Å². The molecule has 0 saturated carbocycles. The maximum atomic E-state index is 4.07. The lowest BCUT2D eigenvalue weighted by molar-refractivity contribution is 0.352. The molecule has 0 aromatic heterocycles. The number of rotatable bonds is 9. The van der Waals surface area contributed by atoms with E-state index in [2.05, 4.69) is 37.7 Å². The Morgan fingerprint density at radius 2 is 2.00 bits per heavy atom.